The van der Waals surface area contributed by atoms with E-state index in [0.717, 1.165) is 0 Å². The van der Waals surface area contributed by atoms with Gasteiger partial charge in [-0.1, -0.05) is 0 Å². The summed E-state index contributed by atoms with van der Waals surface area (Å²) in [7, 11) is -5.22. The van der Waals surface area contributed by atoms with E-state index in [1.807, 2.05) is 0 Å². The zero-order chi connectivity index (χ0) is 9.99. The van der Waals surface area contributed by atoms with E-state index in [1.165, 1.54) is 11.6 Å². The average Bonchev–Trinajstić information content (AvgIpc) is 1.81. The van der Waals surface area contributed by atoms with E-state index < -0.39 is 28.1 Å². The van der Waals surface area contributed by atoms with Crippen LogP contribution in [0.15, 0.2) is 0 Å². The maximum Gasteiger partial charge on any atom is 0.511 e. The minimum Gasteiger partial charge on any atom is -0.327 e. The largest absolute Gasteiger partial charge is 0.511 e. The lowest BCUT2D eigenvalue weighted by atomic mass is 10.4. The van der Waals surface area contributed by atoms with Gasteiger partial charge in [0.1, 0.15) is 0 Å². The summed E-state index contributed by atoms with van der Waals surface area (Å²) in [5.41, 5.74) is -0.213. The van der Waals surface area contributed by atoms with Crippen LogP contribution in [0.2, 0.25) is 0 Å². The summed E-state index contributed by atoms with van der Waals surface area (Å²) in [6.07, 6.45) is 0. The molecule has 1 atom stereocenters. The first kappa shape index (κ1) is 11.7. The second-order valence-corrected chi connectivity index (χ2v) is 4.03. The van der Waals surface area contributed by atoms with Crippen molar-refractivity contribution in [3.05, 3.63) is 0 Å². The molecule has 0 rings (SSSR count). The van der Waals surface area contributed by atoms with Gasteiger partial charge in [0.05, 0.1) is 0 Å². The Kier molecular flexibility index (Phi) is 3.48. The number of nitrogens with one attached hydrogen (secondary N) is 1. The normalized spacial score (nSPS) is 16.1. The average molecular weight is 206 g/mol. The van der Waals surface area contributed by atoms with Crippen molar-refractivity contribution in [2.24, 2.45) is 5.73 Å². The smallest absolute Gasteiger partial charge is 0.327 e. The molecule has 12 heavy (non-hydrogen) atoms. The fraction of sp³-hybridized carbons (Fsp3) is 1.00. The Morgan fingerprint density at radius 2 is 1.92 bits per heavy atom. The van der Waals surface area contributed by atoms with Crippen molar-refractivity contribution in [1.29, 1.82) is 0 Å². The lowest BCUT2D eigenvalue weighted by Gasteiger charge is -2.10. The van der Waals surface area contributed by atoms with Gasteiger partial charge in [0, 0.05) is 12.6 Å². The van der Waals surface area contributed by atoms with E-state index in [9.17, 15) is 21.6 Å². The molecule has 8 heteroatoms. The van der Waals surface area contributed by atoms with Crippen molar-refractivity contribution < 1.29 is 21.6 Å². The van der Waals surface area contributed by atoms with Crippen LogP contribution in [0.25, 0.3) is 0 Å². The number of halogens is 3. The molecule has 0 amide bonds. The number of rotatable bonds is 3. The number of hydrogen-bond donors (Lipinski definition) is 2. The monoisotopic (exact) mass is 206 g/mol. The highest BCUT2D eigenvalue weighted by Crippen LogP contribution is 2.21. The Labute approximate surface area is 68.0 Å². The molecule has 0 aromatic heterocycles. The summed E-state index contributed by atoms with van der Waals surface area (Å²) in [6.45, 7) is 0.959. The first-order valence-corrected chi connectivity index (χ1v) is 4.46. The summed E-state index contributed by atoms with van der Waals surface area (Å²) in [5.74, 6) is 0. The van der Waals surface area contributed by atoms with Crippen LogP contribution in [-0.2, 0) is 10.0 Å². The second-order valence-electron chi connectivity index (χ2n) is 2.27. The van der Waals surface area contributed by atoms with Crippen LogP contribution in [0.1, 0.15) is 6.92 Å². The molecule has 0 saturated heterocycles. The van der Waals surface area contributed by atoms with Crippen LogP contribution in [0.5, 0.6) is 0 Å². The number of sulfonamides is 1. The van der Waals surface area contributed by atoms with E-state index in [4.69, 9.17) is 5.73 Å². The molecule has 74 valence electrons. The second kappa shape index (κ2) is 3.58. The molecule has 0 aromatic carbocycles. The van der Waals surface area contributed by atoms with Gasteiger partial charge in [-0.3, -0.25) is 0 Å². The topological polar surface area (TPSA) is 72.2 Å². The Morgan fingerprint density at radius 3 is 2.17 bits per heavy atom. The SMILES string of the molecule is CC(N)CNS(=O)(=O)C(F)(F)F. The van der Waals surface area contributed by atoms with Crippen molar-refractivity contribution in [2.45, 2.75) is 18.5 Å². The fourth-order valence-electron chi connectivity index (χ4n) is 0.323. The lowest BCUT2D eigenvalue weighted by Crippen LogP contribution is -2.41. The number of nitrogens with two attached hydrogens (primary N) is 1. The van der Waals surface area contributed by atoms with Gasteiger partial charge in [0.2, 0.25) is 0 Å². The van der Waals surface area contributed by atoms with E-state index in [2.05, 4.69) is 0 Å². The van der Waals surface area contributed by atoms with Gasteiger partial charge in [-0.05, 0) is 6.92 Å². The molecule has 0 saturated carbocycles. The van der Waals surface area contributed by atoms with Gasteiger partial charge < -0.3 is 5.73 Å². The molecule has 0 heterocycles. The maximum absolute atomic E-state index is 11.6. The molecule has 0 spiro atoms. The van der Waals surface area contributed by atoms with Crippen molar-refractivity contribution >= 4 is 10.0 Å². The van der Waals surface area contributed by atoms with Crippen LogP contribution in [0.4, 0.5) is 13.2 Å². The van der Waals surface area contributed by atoms with E-state index in [0.29, 0.717) is 0 Å². The quantitative estimate of drug-likeness (QED) is 0.670. The summed E-state index contributed by atoms with van der Waals surface area (Å²) in [4.78, 5) is 0. The third-order valence-electron chi connectivity index (χ3n) is 0.900. The van der Waals surface area contributed by atoms with Gasteiger partial charge in [-0.25, -0.2) is 13.1 Å². The van der Waals surface area contributed by atoms with E-state index >= 15 is 0 Å². The standard InChI is InChI=1S/C4H9F3N2O2S/c1-3(8)2-9-12(10,11)4(5,6)7/h3,9H,2,8H2,1H3. The van der Waals surface area contributed by atoms with Crippen molar-refractivity contribution in [3.63, 3.8) is 0 Å². The Balaban J connectivity index is 4.27. The molecular weight excluding hydrogens is 197 g/mol. The zero-order valence-electron chi connectivity index (χ0n) is 6.22. The fourth-order valence-corrected chi connectivity index (χ4v) is 0.969. The van der Waals surface area contributed by atoms with Gasteiger partial charge in [-0.15, -0.1) is 0 Å². The molecule has 0 aliphatic rings. The van der Waals surface area contributed by atoms with E-state index in [1.54, 1.807) is 0 Å². The highest BCUT2D eigenvalue weighted by molar-refractivity contribution is 7.90. The molecular formula is C4H9F3N2O2S. The van der Waals surface area contributed by atoms with Crippen LogP contribution in [0, 0.1) is 0 Å². The van der Waals surface area contributed by atoms with Gasteiger partial charge in [-0.2, -0.15) is 13.2 Å². The maximum atomic E-state index is 11.6. The molecule has 0 radical (unpaired) electrons. The van der Waals surface area contributed by atoms with Crippen molar-refractivity contribution in [2.75, 3.05) is 6.54 Å². The molecule has 0 aliphatic carbocycles. The number of hydrogen-bond acceptors (Lipinski definition) is 3. The third kappa shape index (κ3) is 3.37. The first-order chi connectivity index (χ1) is 5.17. The summed E-state index contributed by atoms with van der Waals surface area (Å²) in [5, 5.41) is 0. The van der Waals surface area contributed by atoms with Crippen molar-refractivity contribution in [1.82, 2.24) is 4.72 Å². The van der Waals surface area contributed by atoms with Gasteiger partial charge >= 0.3 is 15.5 Å². The highest BCUT2D eigenvalue weighted by atomic mass is 32.2. The lowest BCUT2D eigenvalue weighted by molar-refractivity contribution is -0.0447. The predicted octanol–water partition coefficient (Wildman–Crippen LogP) is -0.227. The van der Waals surface area contributed by atoms with Crippen LogP contribution < -0.4 is 10.5 Å². The summed E-state index contributed by atoms with van der Waals surface area (Å²) in [6, 6.07) is -0.651. The summed E-state index contributed by atoms with van der Waals surface area (Å²) >= 11 is 0. The predicted molar refractivity (Wildman–Crippen MR) is 36.6 cm³/mol. The number of alkyl halides is 3. The van der Waals surface area contributed by atoms with Crippen molar-refractivity contribution in [3.8, 4) is 0 Å². The van der Waals surface area contributed by atoms with Gasteiger partial charge in [0.25, 0.3) is 0 Å². The minimum absolute atomic E-state index is 0.429. The third-order valence-corrected chi connectivity index (χ3v) is 2.06. The zero-order valence-corrected chi connectivity index (χ0v) is 7.04. The molecule has 0 aliphatic heterocycles. The summed E-state index contributed by atoms with van der Waals surface area (Å²) < 4.78 is 56.6. The molecule has 0 fully saturated rings. The van der Waals surface area contributed by atoms with Crippen LogP contribution in [-0.4, -0.2) is 26.5 Å². The highest BCUT2D eigenvalue weighted by Gasteiger charge is 2.45. The van der Waals surface area contributed by atoms with E-state index in [-0.39, 0.29) is 0 Å². The Bertz CT molecular complexity index is 233. The first-order valence-electron chi connectivity index (χ1n) is 2.98. The van der Waals surface area contributed by atoms with Crippen LogP contribution >= 0.6 is 0 Å². The molecule has 1 unspecified atom stereocenters. The Hall–Kier alpha value is -0.340. The Morgan fingerprint density at radius 1 is 1.50 bits per heavy atom. The minimum atomic E-state index is -5.26. The molecule has 0 aromatic rings. The molecule has 4 nitrogen and oxygen atoms in total. The molecule has 0 bridgehead atoms. The van der Waals surface area contributed by atoms with Crippen LogP contribution in [0.3, 0.4) is 0 Å². The van der Waals surface area contributed by atoms with Gasteiger partial charge in [0.15, 0.2) is 0 Å². The molecule has 3 N–H and O–H groups in total.